The van der Waals surface area contributed by atoms with E-state index in [1.165, 1.54) is 14.0 Å². The number of rotatable bonds is 7. The number of nitrogens with two attached hydrogens (primary N) is 1. The van der Waals surface area contributed by atoms with Gasteiger partial charge in [0.2, 0.25) is 5.91 Å². The predicted octanol–water partition coefficient (Wildman–Crippen LogP) is -0.646. The lowest BCUT2D eigenvalue weighted by Crippen LogP contribution is -2.50. The van der Waals surface area contributed by atoms with E-state index in [4.69, 9.17) is 5.73 Å². The third-order valence-corrected chi connectivity index (χ3v) is 2.16. The number of amides is 1. The summed E-state index contributed by atoms with van der Waals surface area (Å²) < 4.78 is 4.49. The number of hydrogen-bond acceptors (Lipinski definition) is 5. The van der Waals surface area contributed by atoms with E-state index in [1.54, 1.807) is 4.90 Å². The molecule has 6 heteroatoms. The summed E-state index contributed by atoms with van der Waals surface area (Å²) in [4.78, 5) is 23.9. The van der Waals surface area contributed by atoms with Crippen LogP contribution in [0.15, 0.2) is 0 Å². The smallest absolute Gasteiger partial charge is 0.338 e. The second-order valence-corrected chi connectivity index (χ2v) is 4.80. The lowest BCUT2D eigenvalue weighted by Gasteiger charge is -2.29. The first-order chi connectivity index (χ1) is 7.69. The highest BCUT2D eigenvalue weighted by molar-refractivity contribution is 5.79. The van der Waals surface area contributed by atoms with E-state index < -0.39 is 17.5 Å². The Morgan fingerprint density at radius 3 is 2.35 bits per heavy atom. The van der Waals surface area contributed by atoms with Crippen molar-refractivity contribution in [3.8, 4) is 0 Å². The molecule has 0 heterocycles. The van der Waals surface area contributed by atoms with Crippen LogP contribution < -0.4 is 5.73 Å². The molecule has 0 saturated carbocycles. The van der Waals surface area contributed by atoms with Crippen molar-refractivity contribution in [2.24, 2.45) is 11.7 Å². The largest absolute Gasteiger partial charge is 0.467 e. The molecule has 0 aliphatic rings. The van der Waals surface area contributed by atoms with Crippen LogP contribution >= 0.6 is 0 Å². The zero-order valence-electron chi connectivity index (χ0n) is 10.9. The summed E-state index contributed by atoms with van der Waals surface area (Å²) in [6.45, 7) is 5.89. The van der Waals surface area contributed by atoms with Crippen molar-refractivity contribution in [3.05, 3.63) is 0 Å². The molecule has 17 heavy (non-hydrogen) atoms. The Morgan fingerprint density at radius 2 is 2.00 bits per heavy atom. The van der Waals surface area contributed by atoms with E-state index in [9.17, 15) is 14.7 Å². The fourth-order valence-electron chi connectivity index (χ4n) is 1.64. The molecule has 0 radical (unpaired) electrons. The topological polar surface area (TPSA) is 92.9 Å². The first kappa shape index (κ1) is 15.9. The summed E-state index contributed by atoms with van der Waals surface area (Å²) in [5.74, 6) is -0.926. The third kappa shape index (κ3) is 6.23. The zero-order chi connectivity index (χ0) is 13.6. The number of nitrogens with zero attached hydrogens (tertiary/aromatic N) is 1. The molecule has 100 valence electrons. The minimum absolute atomic E-state index is 0.00528. The van der Waals surface area contributed by atoms with E-state index in [1.807, 2.05) is 13.8 Å². The van der Waals surface area contributed by atoms with Crippen molar-refractivity contribution in [2.75, 3.05) is 26.7 Å². The van der Waals surface area contributed by atoms with Crippen molar-refractivity contribution < 1.29 is 19.4 Å². The Morgan fingerprint density at radius 1 is 1.47 bits per heavy atom. The second-order valence-electron chi connectivity index (χ2n) is 4.80. The predicted molar refractivity (Wildman–Crippen MR) is 63.1 cm³/mol. The monoisotopic (exact) mass is 246 g/mol. The van der Waals surface area contributed by atoms with E-state index in [2.05, 4.69) is 4.74 Å². The summed E-state index contributed by atoms with van der Waals surface area (Å²) in [6, 6.07) is 0. The molecule has 0 aromatic carbocycles. The molecule has 0 aromatic heterocycles. The van der Waals surface area contributed by atoms with Gasteiger partial charge >= 0.3 is 5.97 Å². The number of methoxy groups -OCH3 is 1. The summed E-state index contributed by atoms with van der Waals surface area (Å²) in [5, 5.41) is 9.91. The molecule has 0 aromatic rings. The molecule has 0 saturated heterocycles. The molecule has 0 bridgehead atoms. The van der Waals surface area contributed by atoms with Gasteiger partial charge in [-0.1, -0.05) is 13.8 Å². The van der Waals surface area contributed by atoms with Crippen molar-refractivity contribution >= 4 is 11.9 Å². The molecular weight excluding hydrogens is 224 g/mol. The van der Waals surface area contributed by atoms with Crippen LogP contribution in [0.1, 0.15) is 20.8 Å². The maximum absolute atomic E-state index is 11.3. The van der Waals surface area contributed by atoms with Gasteiger partial charge in [-0.05, 0) is 12.8 Å². The fraction of sp³-hybridized carbons (Fsp3) is 0.818. The van der Waals surface area contributed by atoms with Gasteiger partial charge in [-0.3, -0.25) is 9.69 Å². The van der Waals surface area contributed by atoms with Crippen LogP contribution in [0.4, 0.5) is 0 Å². The van der Waals surface area contributed by atoms with Gasteiger partial charge in [0.15, 0.2) is 5.60 Å². The van der Waals surface area contributed by atoms with E-state index in [0.29, 0.717) is 12.5 Å². The molecule has 0 aliphatic carbocycles. The molecule has 1 unspecified atom stereocenters. The Bertz CT molecular complexity index is 277. The van der Waals surface area contributed by atoms with Gasteiger partial charge in [0.05, 0.1) is 13.7 Å². The summed E-state index contributed by atoms with van der Waals surface area (Å²) in [7, 11) is 1.21. The summed E-state index contributed by atoms with van der Waals surface area (Å²) in [5.41, 5.74) is 3.48. The number of aliphatic hydroxyl groups is 1. The molecule has 3 N–H and O–H groups in total. The number of primary amides is 1. The minimum atomic E-state index is -1.64. The summed E-state index contributed by atoms with van der Waals surface area (Å²) >= 11 is 0. The fourth-order valence-corrected chi connectivity index (χ4v) is 1.64. The molecule has 6 nitrogen and oxygen atoms in total. The number of ether oxygens (including phenoxy) is 1. The molecule has 0 aliphatic heterocycles. The molecule has 1 amide bonds. The molecule has 0 fully saturated rings. The Kier molecular flexibility index (Phi) is 6.12. The number of carbonyl (C=O) groups excluding carboxylic acids is 2. The molecule has 0 spiro atoms. The number of esters is 1. The average molecular weight is 246 g/mol. The Balaban J connectivity index is 4.60. The molecule has 1 atom stereocenters. The lowest BCUT2D eigenvalue weighted by molar-refractivity contribution is -0.162. The van der Waals surface area contributed by atoms with E-state index in [-0.39, 0.29) is 13.1 Å². The normalized spacial score (nSPS) is 14.8. The first-order valence-electron chi connectivity index (χ1n) is 5.50. The van der Waals surface area contributed by atoms with Crippen LogP contribution in [-0.4, -0.2) is 54.2 Å². The highest BCUT2D eigenvalue weighted by Crippen LogP contribution is 2.10. The molecule has 0 rings (SSSR count). The van der Waals surface area contributed by atoms with Gasteiger partial charge in [-0.25, -0.2) is 4.79 Å². The number of carbonyl (C=O) groups is 2. The SMILES string of the molecule is COC(=O)C(C)(O)CN(CC(N)=O)CC(C)C. The van der Waals surface area contributed by atoms with Crippen molar-refractivity contribution in [1.29, 1.82) is 0 Å². The van der Waals surface area contributed by atoms with Gasteiger partial charge in [0.1, 0.15) is 0 Å². The van der Waals surface area contributed by atoms with Gasteiger partial charge in [0.25, 0.3) is 0 Å². The van der Waals surface area contributed by atoms with Crippen molar-refractivity contribution in [3.63, 3.8) is 0 Å². The van der Waals surface area contributed by atoms with Gasteiger partial charge in [-0.2, -0.15) is 0 Å². The zero-order valence-corrected chi connectivity index (χ0v) is 10.9. The maximum Gasteiger partial charge on any atom is 0.338 e. The number of hydrogen-bond donors (Lipinski definition) is 2. The molecular formula is C11H22N2O4. The van der Waals surface area contributed by atoms with Crippen molar-refractivity contribution in [2.45, 2.75) is 26.4 Å². The van der Waals surface area contributed by atoms with Crippen LogP contribution in [0, 0.1) is 5.92 Å². The maximum atomic E-state index is 11.3. The average Bonchev–Trinajstić information content (AvgIpc) is 2.13. The van der Waals surface area contributed by atoms with Crippen LogP contribution in [0.25, 0.3) is 0 Å². The first-order valence-corrected chi connectivity index (χ1v) is 5.50. The van der Waals surface area contributed by atoms with Gasteiger partial charge in [0, 0.05) is 13.1 Å². The minimum Gasteiger partial charge on any atom is -0.467 e. The Hall–Kier alpha value is -1.14. The van der Waals surface area contributed by atoms with Crippen molar-refractivity contribution in [1.82, 2.24) is 4.90 Å². The van der Waals surface area contributed by atoms with Crippen LogP contribution in [0.2, 0.25) is 0 Å². The highest BCUT2D eigenvalue weighted by atomic mass is 16.5. The van der Waals surface area contributed by atoms with Gasteiger partial charge in [-0.15, -0.1) is 0 Å². The van der Waals surface area contributed by atoms with Gasteiger partial charge < -0.3 is 15.6 Å². The second kappa shape index (κ2) is 6.56. The highest BCUT2D eigenvalue weighted by Gasteiger charge is 2.34. The lowest BCUT2D eigenvalue weighted by atomic mass is 10.1. The summed E-state index contributed by atoms with van der Waals surface area (Å²) in [6.07, 6.45) is 0. The van der Waals surface area contributed by atoms with Crippen LogP contribution in [-0.2, 0) is 14.3 Å². The van der Waals surface area contributed by atoms with E-state index >= 15 is 0 Å². The third-order valence-electron chi connectivity index (χ3n) is 2.16. The van der Waals surface area contributed by atoms with Crippen LogP contribution in [0.5, 0.6) is 0 Å². The Labute approximate surface area is 102 Å². The van der Waals surface area contributed by atoms with Crippen LogP contribution in [0.3, 0.4) is 0 Å². The quantitative estimate of drug-likeness (QED) is 0.582. The van der Waals surface area contributed by atoms with E-state index in [0.717, 1.165) is 0 Å². The standard InChI is InChI=1S/C11H22N2O4/c1-8(2)5-13(6-9(12)14)7-11(3,16)10(15)17-4/h8,16H,5-7H2,1-4H3,(H2,12,14).